The van der Waals surface area contributed by atoms with E-state index in [9.17, 15) is 0 Å². The topological polar surface area (TPSA) is 21.3 Å². The van der Waals surface area contributed by atoms with Crippen LogP contribution in [0.15, 0.2) is 0 Å². The number of hydrogen-bond donors (Lipinski definition) is 1. The number of hydrogen-bond acceptors (Lipinski definition) is 2. The van der Waals surface area contributed by atoms with E-state index in [1.165, 1.54) is 0 Å². The van der Waals surface area contributed by atoms with Gasteiger partial charge in [-0.15, -0.1) is 0 Å². The van der Waals surface area contributed by atoms with Crippen molar-refractivity contribution < 1.29 is 8.85 Å². The summed E-state index contributed by atoms with van der Waals surface area (Å²) in [5, 5.41) is 2.37. The molecule has 0 aliphatic carbocycles. The number of ether oxygens (including phenoxy) is 1. The average Bonchev–Trinajstić information content (AvgIpc) is 1.86. The van der Waals surface area contributed by atoms with Crippen LogP contribution in [0.25, 0.3) is 0 Å². The Bertz CT molecular complexity index is 96.5. The Morgan fingerprint density at radius 3 is 3.20 bits per heavy atom. The summed E-state index contributed by atoms with van der Waals surface area (Å²) in [6, 6.07) is 0. The summed E-state index contributed by atoms with van der Waals surface area (Å²) in [7, 11) is 0. The van der Waals surface area contributed by atoms with Crippen LogP contribution in [0.5, 0.6) is 0 Å². The van der Waals surface area contributed by atoms with Gasteiger partial charge in [0.2, 0.25) is 0 Å². The van der Waals surface area contributed by atoms with Gasteiger partial charge >= 0.3 is 0 Å². The van der Waals surface area contributed by atoms with Crippen molar-refractivity contribution in [2.24, 2.45) is 0 Å². The zero-order chi connectivity index (χ0) is 6.20. The minimum absolute atomic E-state index is 0.140. The Labute approximate surface area is 35.3 Å². The zero-order valence-electron chi connectivity index (χ0n) is 5.69. The smallest absolute Gasteiger partial charge is 0.0966 e. The van der Waals surface area contributed by atoms with E-state index in [4.69, 9.17) is 4.11 Å². The van der Waals surface area contributed by atoms with Gasteiger partial charge in [-0.05, 0) is 0 Å². The van der Waals surface area contributed by atoms with E-state index in [2.05, 4.69) is 10.1 Å². The van der Waals surface area contributed by atoms with Crippen LogP contribution < -0.4 is 5.32 Å². The Morgan fingerprint density at radius 2 is 3.00 bits per heavy atom. The second-order valence-corrected chi connectivity index (χ2v) is 0.750. The maximum atomic E-state index is 6.94. The highest BCUT2D eigenvalue weighted by Crippen LogP contribution is 1.75. The molecule has 0 aromatic rings. The van der Waals surface area contributed by atoms with Crippen LogP contribution in [-0.4, -0.2) is 19.8 Å². The molecule has 1 rings (SSSR count). The van der Waals surface area contributed by atoms with Crippen LogP contribution in [0.3, 0.4) is 0 Å². The van der Waals surface area contributed by atoms with Crippen LogP contribution in [0, 0.1) is 0 Å². The minimum Gasteiger partial charge on any atom is -0.365 e. The molecule has 0 bridgehead atoms. The molecule has 0 saturated carbocycles. The summed E-state index contributed by atoms with van der Waals surface area (Å²) in [5.41, 5.74) is 0. The Balaban J connectivity index is 2.54. The van der Waals surface area contributed by atoms with Gasteiger partial charge in [0.25, 0.3) is 0 Å². The molecule has 0 aromatic carbocycles. The predicted molar refractivity (Wildman–Crippen MR) is 18.8 cm³/mol. The second-order valence-electron chi connectivity index (χ2n) is 0.750. The van der Waals surface area contributed by atoms with E-state index in [1.54, 1.807) is 0 Å². The van der Waals surface area contributed by atoms with Gasteiger partial charge < -0.3 is 4.74 Å². The van der Waals surface area contributed by atoms with Crippen LogP contribution in [0.1, 0.15) is 4.11 Å². The van der Waals surface area contributed by atoms with Crippen molar-refractivity contribution in [3.63, 3.8) is 0 Å². The fraction of sp³-hybridized carbons (Fsp3) is 1.00. The first-order valence-electron chi connectivity index (χ1n) is 2.99. The van der Waals surface area contributed by atoms with E-state index in [1.807, 2.05) is 0 Å². The maximum absolute atomic E-state index is 6.94. The Hall–Kier alpha value is -0.0800. The molecule has 0 radical (unpaired) electrons. The fourth-order valence-electron chi connectivity index (χ4n) is 0.208. The van der Waals surface area contributed by atoms with Gasteiger partial charge in [0.05, 0.1) is 14.7 Å². The first kappa shape index (κ1) is 1.21. The molecule has 2 heteroatoms. The lowest BCUT2D eigenvalue weighted by atomic mass is 10.7. The number of nitrogens with one attached hydrogen (secondary N) is 1. The highest BCUT2D eigenvalue weighted by atomic mass is 16.5. The van der Waals surface area contributed by atoms with Gasteiger partial charge in [-0.1, -0.05) is 0 Å². The van der Waals surface area contributed by atoms with E-state index in [0.29, 0.717) is 0 Å². The normalized spacial score (nSPS) is 57.6. The van der Waals surface area contributed by atoms with Gasteiger partial charge in [-0.2, -0.15) is 0 Å². The summed E-state index contributed by atoms with van der Waals surface area (Å²) in [5.74, 6) is 0. The van der Waals surface area contributed by atoms with Crippen molar-refractivity contribution in [1.29, 1.82) is 0 Å². The lowest BCUT2D eigenvalue weighted by molar-refractivity contribution is 0.194. The first-order valence-corrected chi connectivity index (χ1v) is 1.42. The van der Waals surface area contributed by atoms with Gasteiger partial charge in [0.15, 0.2) is 0 Å². The highest BCUT2D eigenvalue weighted by Gasteiger charge is 1.92. The average molecular weight is 76.1 g/mol. The third kappa shape index (κ3) is 0.597. The van der Waals surface area contributed by atoms with Crippen molar-refractivity contribution in [2.45, 2.75) is 0 Å². The maximum Gasteiger partial charge on any atom is 0.0966 e. The van der Waals surface area contributed by atoms with Crippen molar-refractivity contribution in [1.82, 2.24) is 5.32 Å². The van der Waals surface area contributed by atoms with Crippen molar-refractivity contribution in [3.05, 3.63) is 0 Å². The summed E-state index contributed by atoms with van der Waals surface area (Å²) in [6.45, 7) is -2.58. The summed E-state index contributed by atoms with van der Waals surface area (Å²) < 4.78 is 25.3. The van der Waals surface area contributed by atoms with Crippen molar-refractivity contribution in [2.75, 3.05) is 19.8 Å². The molecule has 1 unspecified atom stereocenters. The molecule has 0 spiro atoms. The third-order valence-electron chi connectivity index (χ3n) is 0.400. The fourth-order valence-corrected chi connectivity index (χ4v) is 0.208. The van der Waals surface area contributed by atoms with Crippen molar-refractivity contribution in [3.8, 4) is 0 Å². The minimum atomic E-state index is -1.65. The van der Waals surface area contributed by atoms with Gasteiger partial charge in [-0.25, -0.2) is 0 Å². The highest BCUT2D eigenvalue weighted by molar-refractivity contribution is 4.43. The quantitative estimate of drug-likeness (QED) is 0.422. The van der Waals surface area contributed by atoms with E-state index in [-0.39, 0.29) is 6.73 Å². The van der Waals surface area contributed by atoms with E-state index >= 15 is 0 Å². The van der Waals surface area contributed by atoms with Gasteiger partial charge in [-0.3, -0.25) is 5.32 Å². The lowest BCUT2D eigenvalue weighted by Crippen LogP contribution is -2.05. The van der Waals surface area contributed by atoms with E-state index < -0.39 is 13.1 Å². The SMILES string of the molecule is [2H]C1OCNC1([2H])[2H]. The van der Waals surface area contributed by atoms with Gasteiger partial charge in [0.1, 0.15) is 0 Å². The Morgan fingerprint density at radius 1 is 2.00 bits per heavy atom. The first-order chi connectivity index (χ1) is 3.63. The third-order valence-corrected chi connectivity index (χ3v) is 0.400. The standard InChI is InChI=1S/C3H7NO/c1-2-5-3-4-1/h4H,1-3H2/i1D2,2D. The molecular formula is C3H7NO. The molecule has 1 fully saturated rings. The largest absolute Gasteiger partial charge is 0.365 e. The molecule has 2 nitrogen and oxygen atoms in total. The van der Waals surface area contributed by atoms with Crippen LogP contribution in [0.4, 0.5) is 0 Å². The molecule has 1 N–H and O–H groups in total. The molecule has 30 valence electrons. The molecule has 1 aliphatic heterocycles. The Kier molecular flexibility index (Phi) is 0.333. The summed E-state index contributed by atoms with van der Waals surface area (Å²) in [6.07, 6.45) is 0. The molecule has 5 heavy (non-hydrogen) atoms. The molecule has 1 aliphatic rings. The van der Waals surface area contributed by atoms with Crippen LogP contribution >= 0.6 is 0 Å². The zero-order valence-corrected chi connectivity index (χ0v) is 2.69. The van der Waals surface area contributed by atoms with E-state index in [0.717, 1.165) is 0 Å². The molecule has 1 atom stereocenters. The summed E-state index contributed by atoms with van der Waals surface area (Å²) >= 11 is 0. The van der Waals surface area contributed by atoms with Crippen LogP contribution in [0.2, 0.25) is 0 Å². The molecule has 1 heterocycles. The molecule has 1 saturated heterocycles. The molecule has 0 amide bonds. The van der Waals surface area contributed by atoms with Gasteiger partial charge in [0, 0.05) is 9.24 Å². The lowest BCUT2D eigenvalue weighted by Gasteiger charge is -1.76. The van der Waals surface area contributed by atoms with Crippen LogP contribution in [-0.2, 0) is 4.74 Å². The van der Waals surface area contributed by atoms with Crippen molar-refractivity contribution >= 4 is 0 Å². The molecular weight excluding hydrogens is 66.0 g/mol. The second kappa shape index (κ2) is 1.38. The summed E-state index contributed by atoms with van der Waals surface area (Å²) in [4.78, 5) is 0. The monoisotopic (exact) mass is 76.1 g/mol. The predicted octanol–water partition coefficient (Wildman–Crippen LogP) is -0.436. The molecule has 0 aromatic heterocycles. The number of rotatable bonds is 0.